The van der Waals surface area contributed by atoms with Gasteiger partial charge in [-0.25, -0.2) is 17.9 Å². The molecule has 3 aromatic rings. The molecule has 0 amide bonds. The summed E-state index contributed by atoms with van der Waals surface area (Å²) in [4.78, 5) is 17.2. The Morgan fingerprint density at radius 2 is 1.90 bits per heavy atom. The Morgan fingerprint density at radius 3 is 2.59 bits per heavy atom. The fraction of sp³-hybridized carbons (Fsp3) is 0.400. The molecular weight excluding hydrogens is 392 g/mol. The second-order valence-corrected chi connectivity index (χ2v) is 9.23. The zero-order valence-electron chi connectivity index (χ0n) is 16.7. The standard InChI is InChI=1S/C20H24N4O4S/c1-13-14(2)21-19-12-17(22-24(19)20(13)25)18-6-4-5-11-23(18)29(26,27)16-9-7-15(28-3)8-10-16/h7-10,12,18,22H,4-6,11H2,1-3H3/t18-/m1/s1. The molecule has 0 bridgehead atoms. The van der Waals surface area contributed by atoms with Gasteiger partial charge in [-0.2, -0.15) is 4.31 Å². The summed E-state index contributed by atoms with van der Waals surface area (Å²) >= 11 is 0. The first-order valence-corrected chi connectivity index (χ1v) is 11.0. The summed E-state index contributed by atoms with van der Waals surface area (Å²) in [7, 11) is -2.16. The zero-order valence-corrected chi connectivity index (χ0v) is 17.5. The fourth-order valence-corrected chi connectivity index (χ4v) is 5.47. The molecule has 8 nitrogen and oxygen atoms in total. The summed E-state index contributed by atoms with van der Waals surface area (Å²) in [5, 5.41) is 3.09. The van der Waals surface area contributed by atoms with Crippen molar-refractivity contribution in [2.45, 2.75) is 44.0 Å². The lowest BCUT2D eigenvalue weighted by Crippen LogP contribution is -2.38. The van der Waals surface area contributed by atoms with Crippen LogP contribution in [0.15, 0.2) is 40.0 Å². The maximum atomic E-state index is 13.3. The van der Waals surface area contributed by atoms with Crippen molar-refractivity contribution in [2.75, 3.05) is 13.7 Å². The van der Waals surface area contributed by atoms with E-state index in [-0.39, 0.29) is 16.5 Å². The number of ether oxygens (including phenoxy) is 1. The van der Waals surface area contributed by atoms with E-state index in [9.17, 15) is 13.2 Å². The van der Waals surface area contributed by atoms with E-state index in [0.717, 1.165) is 12.8 Å². The lowest BCUT2D eigenvalue weighted by molar-refractivity contribution is 0.251. The molecule has 0 saturated carbocycles. The Balaban J connectivity index is 1.77. The van der Waals surface area contributed by atoms with Gasteiger partial charge < -0.3 is 4.74 Å². The van der Waals surface area contributed by atoms with Crippen molar-refractivity contribution in [3.05, 3.63) is 57.6 Å². The van der Waals surface area contributed by atoms with Crippen LogP contribution in [0.1, 0.15) is 42.3 Å². The summed E-state index contributed by atoms with van der Waals surface area (Å²) in [5.41, 5.74) is 2.25. The molecule has 29 heavy (non-hydrogen) atoms. The van der Waals surface area contributed by atoms with E-state index < -0.39 is 10.0 Å². The fourth-order valence-electron chi connectivity index (χ4n) is 3.79. The number of nitrogens with zero attached hydrogens (tertiary/aromatic N) is 3. The van der Waals surface area contributed by atoms with E-state index in [4.69, 9.17) is 4.74 Å². The van der Waals surface area contributed by atoms with Gasteiger partial charge in [0, 0.05) is 23.9 Å². The van der Waals surface area contributed by atoms with Gasteiger partial charge >= 0.3 is 0 Å². The van der Waals surface area contributed by atoms with E-state index in [0.29, 0.717) is 41.3 Å². The number of rotatable bonds is 4. The average molecular weight is 417 g/mol. The largest absolute Gasteiger partial charge is 0.497 e. The summed E-state index contributed by atoms with van der Waals surface area (Å²) in [5.74, 6) is 0.603. The molecule has 0 aliphatic carbocycles. The van der Waals surface area contributed by atoms with Crippen LogP contribution in [0.25, 0.3) is 5.65 Å². The third-order valence-corrected chi connectivity index (χ3v) is 7.50. The first kappa shape index (κ1) is 19.7. The van der Waals surface area contributed by atoms with Crippen molar-refractivity contribution in [1.82, 2.24) is 18.9 Å². The molecule has 3 heterocycles. The van der Waals surface area contributed by atoms with Gasteiger partial charge in [-0.1, -0.05) is 6.42 Å². The predicted molar refractivity (Wildman–Crippen MR) is 109 cm³/mol. The number of hydrogen-bond donors (Lipinski definition) is 1. The quantitative estimate of drug-likeness (QED) is 0.705. The molecule has 0 spiro atoms. The zero-order chi connectivity index (χ0) is 20.8. The molecule has 0 radical (unpaired) electrons. The number of H-pyrrole nitrogens is 1. The lowest BCUT2D eigenvalue weighted by atomic mass is 10.0. The maximum absolute atomic E-state index is 13.3. The van der Waals surface area contributed by atoms with Crippen molar-refractivity contribution in [1.29, 1.82) is 0 Å². The van der Waals surface area contributed by atoms with E-state index >= 15 is 0 Å². The smallest absolute Gasteiger partial charge is 0.275 e. The number of methoxy groups -OCH3 is 1. The van der Waals surface area contributed by atoms with Crippen LogP contribution in [0.4, 0.5) is 0 Å². The molecule has 4 rings (SSSR count). The number of benzene rings is 1. The summed E-state index contributed by atoms with van der Waals surface area (Å²) in [6, 6.07) is 7.80. The second-order valence-electron chi connectivity index (χ2n) is 7.34. The van der Waals surface area contributed by atoms with Crippen LogP contribution in [0.5, 0.6) is 5.75 Å². The average Bonchev–Trinajstić information content (AvgIpc) is 3.16. The molecule has 2 aromatic heterocycles. The molecule has 9 heteroatoms. The third kappa shape index (κ3) is 3.34. The Labute approximate surface area is 169 Å². The molecule has 1 saturated heterocycles. The van der Waals surface area contributed by atoms with Crippen molar-refractivity contribution >= 4 is 15.7 Å². The van der Waals surface area contributed by atoms with Gasteiger partial charge in [0.15, 0.2) is 5.65 Å². The maximum Gasteiger partial charge on any atom is 0.275 e. The molecule has 1 aliphatic heterocycles. The number of piperidine rings is 1. The van der Waals surface area contributed by atoms with Crippen LogP contribution < -0.4 is 10.3 Å². The highest BCUT2D eigenvalue weighted by molar-refractivity contribution is 7.89. The minimum absolute atomic E-state index is 0.167. The predicted octanol–water partition coefficient (Wildman–Crippen LogP) is 2.56. The first-order valence-electron chi connectivity index (χ1n) is 9.57. The van der Waals surface area contributed by atoms with Crippen LogP contribution in [0.2, 0.25) is 0 Å². The second kappa shape index (κ2) is 7.31. The third-order valence-electron chi connectivity index (χ3n) is 5.58. The monoisotopic (exact) mass is 416 g/mol. The van der Waals surface area contributed by atoms with Gasteiger partial charge in [-0.3, -0.25) is 9.89 Å². The molecule has 1 aliphatic rings. The SMILES string of the molecule is COc1ccc(S(=O)(=O)N2CCCC[C@@H]2c2cc3nc(C)c(C)c(=O)n3[nH]2)cc1. The highest BCUT2D eigenvalue weighted by atomic mass is 32.2. The number of aromatic nitrogens is 3. The molecule has 0 unspecified atom stereocenters. The van der Waals surface area contributed by atoms with Crippen molar-refractivity contribution in [3.63, 3.8) is 0 Å². The Hall–Kier alpha value is -2.65. The van der Waals surface area contributed by atoms with E-state index in [1.165, 1.54) is 8.82 Å². The number of sulfonamides is 1. The van der Waals surface area contributed by atoms with Crippen LogP contribution in [0.3, 0.4) is 0 Å². The van der Waals surface area contributed by atoms with Crippen LogP contribution in [-0.2, 0) is 10.0 Å². The van der Waals surface area contributed by atoms with Crippen molar-refractivity contribution in [3.8, 4) is 5.75 Å². The van der Waals surface area contributed by atoms with Gasteiger partial charge in [0.1, 0.15) is 5.75 Å². The highest BCUT2D eigenvalue weighted by Crippen LogP contribution is 2.35. The Bertz CT molecular complexity index is 1210. The Morgan fingerprint density at radius 1 is 1.17 bits per heavy atom. The molecule has 1 N–H and O–H groups in total. The van der Waals surface area contributed by atoms with Gasteiger partial charge in [0.05, 0.1) is 23.7 Å². The molecule has 1 aromatic carbocycles. The van der Waals surface area contributed by atoms with Gasteiger partial charge in [0.2, 0.25) is 10.0 Å². The normalized spacial score (nSPS) is 18.2. The van der Waals surface area contributed by atoms with Gasteiger partial charge in [-0.05, 0) is 51.0 Å². The first-order chi connectivity index (χ1) is 13.8. The highest BCUT2D eigenvalue weighted by Gasteiger charge is 2.35. The van der Waals surface area contributed by atoms with E-state index in [1.54, 1.807) is 51.3 Å². The van der Waals surface area contributed by atoms with Crippen LogP contribution >= 0.6 is 0 Å². The summed E-state index contributed by atoms with van der Waals surface area (Å²) in [6.07, 6.45) is 2.38. The van der Waals surface area contributed by atoms with Crippen molar-refractivity contribution < 1.29 is 13.2 Å². The minimum Gasteiger partial charge on any atom is -0.497 e. The molecule has 1 fully saturated rings. The number of aromatic amines is 1. The topological polar surface area (TPSA) is 96.8 Å². The molecular formula is C20H24N4O4S. The van der Waals surface area contributed by atoms with Crippen molar-refractivity contribution in [2.24, 2.45) is 0 Å². The van der Waals surface area contributed by atoms with Gasteiger partial charge in [-0.15, -0.1) is 0 Å². The summed E-state index contributed by atoms with van der Waals surface area (Å²) in [6.45, 7) is 3.96. The Kier molecular flexibility index (Phi) is 4.95. The number of hydrogen-bond acceptors (Lipinski definition) is 5. The summed E-state index contributed by atoms with van der Waals surface area (Å²) < 4.78 is 34.7. The number of fused-ring (bicyclic) bond motifs is 1. The van der Waals surface area contributed by atoms with E-state index in [1.807, 2.05) is 0 Å². The molecule has 154 valence electrons. The minimum atomic E-state index is -3.70. The van der Waals surface area contributed by atoms with Crippen LogP contribution in [0, 0.1) is 13.8 Å². The lowest BCUT2D eigenvalue weighted by Gasteiger charge is -2.34. The van der Waals surface area contributed by atoms with Crippen LogP contribution in [-0.4, -0.2) is 41.0 Å². The van der Waals surface area contributed by atoms with Gasteiger partial charge in [0.25, 0.3) is 5.56 Å². The molecule has 1 atom stereocenters. The number of nitrogens with one attached hydrogen (secondary N) is 1. The number of aryl methyl sites for hydroxylation is 1. The van der Waals surface area contributed by atoms with E-state index in [2.05, 4.69) is 10.1 Å².